The van der Waals surface area contributed by atoms with Gasteiger partial charge in [0.2, 0.25) is 0 Å². The van der Waals surface area contributed by atoms with Gasteiger partial charge in [-0.25, -0.2) is 0 Å². The third-order valence-electron chi connectivity index (χ3n) is 2.84. The van der Waals surface area contributed by atoms with E-state index < -0.39 is 5.91 Å². The Hall–Kier alpha value is -2.51. The van der Waals surface area contributed by atoms with Crippen LogP contribution in [0.3, 0.4) is 0 Å². The van der Waals surface area contributed by atoms with Gasteiger partial charge in [-0.05, 0) is 54.7 Å². The lowest BCUT2D eigenvalue weighted by atomic mass is 10.2. The van der Waals surface area contributed by atoms with Gasteiger partial charge in [0.15, 0.2) is 5.11 Å². The number of aromatic hydroxyl groups is 1. The molecule has 0 saturated carbocycles. The number of halogens is 1. The molecular weight excluding hydrogens is 338 g/mol. The van der Waals surface area contributed by atoms with Gasteiger partial charge < -0.3 is 15.2 Å². The summed E-state index contributed by atoms with van der Waals surface area (Å²) in [5, 5.41) is 13.4. The Morgan fingerprint density at radius 2 is 1.87 bits per heavy atom. The summed E-state index contributed by atoms with van der Waals surface area (Å²) in [7, 11) is 1.47. The molecule has 2 aromatic carbocycles. The fraction of sp³-hybridized carbons (Fsp3) is 0.0667. The molecule has 8 heteroatoms. The third-order valence-corrected chi connectivity index (χ3v) is 3.30. The number of thiocarbonyl (C=S) groups is 1. The number of anilines is 1. The number of hydrogen-bond acceptors (Lipinski definition) is 4. The molecule has 0 atom stereocenters. The lowest BCUT2D eigenvalue weighted by molar-refractivity contribution is 0.0941. The molecule has 0 aliphatic carbocycles. The van der Waals surface area contributed by atoms with Gasteiger partial charge in [0.1, 0.15) is 11.5 Å². The highest BCUT2D eigenvalue weighted by molar-refractivity contribution is 7.80. The zero-order valence-electron chi connectivity index (χ0n) is 12.1. The van der Waals surface area contributed by atoms with E-state index in [1.807, 2.05) is 0 Å². The molecule has 4 N–H and O–H groups in total. The number of methoxy groups -OCH3 is 1. The molecule has 0 aliphatic heterocycles. The lowest BCUT2D eigenvalue weighted by Gasteiger charge is -2.12. The molecule has 1 amide bonds. The first-order valence-corrected chi connectivity index (χ1v) is 7.28. The Balaban J connectivity index is 1.93. The molecule has 0 spiro atoms. The standard InChI is InChI=1S/C15H14ClN3O3S/c1-22-11-6-7-13(20)12(8-11)14(21)18-19-15(23)17-10-4-2-9(16)3-5-10/h2-8,20H,1H3,(H,18,21)(H2,17,19,23). The predicted octanol–water partition coefficient (Wildman–Crippen LogP) is 2.69. The van der Waals surface area contributed by atoms with Crippen LogP contribution in [-0.2, 0) is 0 Å². The van der Waals surface area contributed by atoms with Gasteiger partial charge in [-0.15, -0.1) is 0 Å². The number of phenolic OH excluding ortho intramolecular Hbond substituents is 1. The molecule has 0 radical (unpaired) electrons. The van der Waals surface area contributed by atoms with Gasteiger partial charge in [-0.3, -0.25) is 15.6 Å². The van der Waals surface area contributed by atoms with E-state index in [2.05, 4.69) is 16.2 Å². The largest absolute Gasteiger partial charge is 0.507 e. The number of hydrazine groups is 1. The van der Waals surface area contributed by atoms with Crippen LogP contribution >= 0.6 is 23.8 Å². The minimum Gasteiger partial charge on any atom is -0.507 e. The summed E-state index contributed by atoms with van der Waals surface area (Å²) in [6.45, 7) is 0. The monoisotopic (exact) mass is 351 g/mol. The van der Waals surface area contributed by atoms with Crippen molar-refractivity contribution >= 4 is 40.5 Å². The van der Waals surface area contributed by atoms with Crippen molar-refractivity contribution in [2.24, 2.45) is 0 Å². The average Bonchev–Trinajstić information content (AvgIpc) is 2.55. The number of hydrogen-bond donors (Lipinski definition) is 4. The number of carbonyl (C=O) groups is 1. The van der Waals surface area contributed by atoms with Crippen LogP contribution in [0.1, 0.15) is 10.4 Å². The first-order chi connectivity index (χ1) is 11.0. The highest BCUT2D eigenvalue weighted by Crippen LogP contribution is 2.22. The van der Waals surface area contributed by atoms with Crippen molar-refractivity contribution < 1.29 is 14.6 Å². The Bertz CT molecular complexity index is 722. The van der Waals surface area contributed by atoms with E-state index in [0.717, 1.165) is 0 Å². The lowest BCUT2D eigenvalue weighted by Crippen LogP contribution is -2.43. The van der Waals surface area contributed by atoms with Crippen molar-refractivity contribution in [1.82, 2.24) is 10.9 Å². The number of nitrogens with one attached hydrogen (secondary N) is 3. The number of ether oxygens (including phenoxy) is 1. The van der Waals surface area contributed by atoms with E-state index in [4.69, 9.17) is 28.6 Å². The summed E-state index contributed by atoms with van der Waals surface area (Å²) in [5.41, 5.74) is 5.71. The van der Waals surface area contributed by atoms with Gasteiger partial charge in [0, 0.05) is 10.7 Å². The van der Waals surface area contributed by atoms with Crippen LogP contribution in [0.2, 0.25) is 5.02 Å². The van der Waals surface area contributed by atoms with E-state index in [0.29, 0.717) is 16.5 Å². The van der Waals surface area contributed by atoms with Crippen molar-refractivity contribution in [3.63, 3.8) is 0 Å². The van der Waals surface area contributed by atoms with E-state index >= 15 is 0 Å². The maximum absolute atomic E-state index is 12.0. The van der Waals surface area contributed by atoms with Crippen molar-refractivity contribution in [2.45, 2.75) is 0 Å². The van der Waals surface area contributed by atoms with E-state index in [9.17, 15) is 9.90 Å². The van der Waals surface area contributed by atoms with Gasteiger partial charge in [0.25, 0.3) is 5.91 Å². The molecule has 0 heterocycles. The molecule has 23 heavy (non-hydrogen) atoms. The number of phenols is 1. The predicted molar refractivity (Wildman–Crippen MR) is 92.9 cm³/mol. The van der Waals surface area contributed by atoms with Crippen molar-refractivity contribution in [3.05, 3.63) is 53.1 Å². The van der Waals surface area contributed by atoms with Crippen LogP contribution in [0, 0.1) is 0 Å². The Kier molecular flexibility index (Phi) is 5.61. The molecule has 6 nitrogen and oxygen atoms in total. The van der Waals surface area contributed by atoms with Gasteiger partial charge >= 0.3 is 0 Å². The minimum atomic E-state index is -0.554. The summed E-state index contributed by atoms with van der Waals surface area (Å²) >= 11 is 10.9. The summed E-state index contributed by atoms with van der Waals surface area (Å²) in [6, 6.07) is 11.2. The molecule has 0 saturated heterocycles. The second-order valence-corrected chi connectivity index (χ2v) is 5.27. The Labute approximate surface area is 143 Å². The summed E-state index contributed by atoms with van der Waals surface area (Å²) in [4.78, 5) is 12.0. The zero-order chi connectivity index (χ0) is 16.8. The van der Waals surface area contributed by atoms with E-state index in [1.54, 1.807) is 30.3 Å². The molecular formula is C15H14ClN3O3S. The number of carbonyl (C=O) groups excluding carboxylic acids is 1. The Morgan fingerprint density at radius 1 is 1.17 bits per heavy atom. The van der Waals surface area contributed by atoms with Crippen molar-refractivity contribution in [1.29, 1.82) is 0 Å². The van der Waals surface area contributed by atoms with E-state index in [1.165, 1.54) is 19.2 Å². The Morgan fingerprint density at radius 3 is 2.52 bits per heavy atom. The van der Waals surface area contributed by atoms with Crippen LogP contribution in [0.5, 0.6) is 11.5 Å². The van der Waals surface area contributed by atoms with Crippen LogP contribution in [0.4, 0.5) is 5.69 Å². The smallest absolute Gasteiger partial charge is 0.273 e. The molecule has 0 aromatic heterocycles. The fourth-order valence-electron chi connectivity index (χ4n) is 1.70. The normalized spacial score (nSPS) is 9.83. The minimum absolute atomic E-state index is 0.0612. The van der Waals surface area contributed by atoms with Crippen LogP contribution in [-0.4, -0.2) is 23.2 Å². The van der Waals surface area contributed by atoms with Gasteiger partial charge in [0.05, 0.1) is 12.7 Å². The molecule has 2 rings (SSSR count). The first kappa shape index (κ1) is 16.9. The highest BCUT2D eigenvalue weighted by atomic mass is 35.5. The molecule has 2 aromatic rings. The van der Waals surface area contributed by atoms with Crippen LogP contribution in [0.15, 0.2) is 42.5 Å². The zero-order valence-corrected chi connectivity index (χ0v) is 13.7. The maximum Gasteiger partial charge on any atom is 0.273 e. The fourth-order valence-corrected chi connectivity index (χ4v) is 2.00. The van der Waals surface area contributed by atoms with Crippen LogP contribution < -0.4 is 20.9 Å². The molecule has 0 fully saturated rings. The SMILES string of the molecule is COc1ccc(O)c(C(=O)NNC(=S)Nc2ccc(Cl)cc2)c1. The number of rotatable bonds is 3. The first-order valence-electron chi connectivity index (χ1n) is 6.49. The van der Waals surface area contributed by atoms with Crippen molar-refractivity contribution in [2.75, 3.05) is 12.4 Å². The molecule has 0 bridgehead atoms. The molecule has 0 aliphatic rings. The number of benzene rings is 2. The van der Waals surface area contributed by atoms with Crippen LogP contribution in [0.25, 0.3) is 0 Å². The second kappa shape index (κ2) is 7.66. The molecule has 0 unspecified atom stereocenters. The summed E-state index contributed by atoms with van der Waals surface area (Å²) in [6.07, 6.45) is 0. The topological polar surface area (TPSA) is 82.6 Å². The third kappa shape index (κ3) is 4.73. The maximum atomic E-state index is 12.0. The van der Waals surface area contributed by atoms with Crippen molar-refractivity contribution in [3.8, 4) is 11.5 Å². The van der Waals surface area contributed by atoms with Gasteiger partial charge in [-0.2, -0.15) is 0 Å². The summed E-state index contributed by atoms with van der Waals surface area (Å²) in [5.74, 6) is -0.266. The average molecular weight is 352 g/mol. The number of amides is 1. The van der Waals surface area contributed by atoms with Gasteiger partial charge in [-0.1, -0.05) is 11.6 Å². The second-order valence-electron chi connectivity index (χ2n) is 4.42. The highest BCUT2D eigenvalue weighted by Gasteiger charge is 2.12. The quantitative estimate of drug-likeness (QED) is 0.503. The summed E-state index contributed by atoms with van der Waals surface area (Å²) < 4.78 is 5.01. The van der Waals surface area contributed by atoms with E-state index in [-0.39, 0.29) is 16.4 Å². The molecule has 120 valence electrons.